The Hall–Kier alpha value is -2.08. The molecule has 6 nitrogen and oxygen atoms in total. The van der Waals surface area contributed by atoms with Gasteiger partial charge in [-0.25, -0.2) is 14.6 Å². The monoisotopic (exact) mass is 311 g/mol. The van der Waals surface area contributed by atoms with Crippen molar-refractivity contribution < 1.29 is 0 Å². The van der Waals surface area contributed by atoms with Gasteiger partial charge in [0.2, 0.25) is 0 Å². The molecule has 23 heavy (non-hydrogen) atoms. The van der Waals surface area contributed by atoms with E-state index in [1.807, 2.05) is 6.07 Å². The van der Waals surface area contributed by atoms with Crippen molar-refractivity contribution in [2.45, 2.75) is 51.2 Å². The van der Waals surface area contributed by atoms with Crippen LogP contribution in [0.1, 0.15) is 36.3 Å². The highest BCUT2D eigenvalue weighted by Crippen LogP contribution is 2.21. The smallest absolute Gasteiger partial charge is 0.267 e. The SMILES string of the molecule is O=c1cc2c(nn1CC1CCCN1Cc1ncccn1)CCC2. The fourth-order valence-electron chi connectivity index (χ4n) is 3.67. The van der Waals surface area contributed by atoms with Gasteiger partial charge >= 0.3 is 0 Å². The van der Waals surface area contributed by atoms with Crippen LogP contribution in [-0.4, -0.2) is 37.2 Å². The van der Waals surface area contributed by atoms with Gasteiger partial charge in [-0.3, -0.25) is 9.69 Å². The molecule has 1 unspecified atom stereocenters. The molecule has 2 aromatic rings. The third-order valence-electron chi connectivity index (χ3n) is 4.87. The first kappa shape index (κ1) is 14.5. The fraction of sp³-hybridized carbons (Fsp3) is 0.529. The maximum Gasteiger partial charge on any atom is 0.267 e. The molecule has 0 amide bonds. The average molecular weight is 311 g/mol. The predicted octanol–water partition coefficient (Wildman–Crippen LogP) is 1.19. The summed E-state index contributed by atoms with van der Waals surface area (Å²) in [6.07, 6.45) is 8.92. The van der Waals surface area contributed by atoms with Gasteiger partial charge in [-0.1, -0.05) is 0 Å². The van der Waals surface area contributed by atoms with Gasteiger partial charge in [-0.15, -0.1) is 0 Å². The minimum atomic E-state index is 0.0356. The number of aryl methyl sites for hydroxylation is 2. The lowest BCUT2D eigenvalue weighted by atomic mass is 10.2. The summed E-state index contributed by atoms with van der Waals surface area (Å²) in [7, 11) is 0. The zero-order valence-corrected chi connectivity index (χ0v) is 13.2. The number of aromatic nitrogens is 4. The van der Waals surface area contributed by atoms with Gasteiger partial charge in [0, 0.05) is 24.5 Å². The summed E-state index contributed by atoms with van der Waals surface area (Å²) >= 11 is 0. The normalized spacial score (nSPS) is 20.8. The van der Waals surface area contributed by atoms with E-state index in [0.29, 0.717) is 12.6 Å². The van der Waals surface area contributed by atoms with Crippen molar-refractivity contribution in [2.24, 2.45) is 0 Å². The summed E-state index contributed by atoms with van der Waals surface area (Å²) < 4.78 is 1.67. The quantitative estimate of drug-likeness (QED) is 0.848. The third-order valence-corrected chi connectivity index (χ3v) is 4.87. The lowest BCUT2D eigenvalue weighted by molar-refractivity contribution is 0.211. The highest BCUT2D eigenvalue weighted by molar-refractivity contribution is 5.22. The molecular weight excluding hydrogens is 290 g/mol. The Morgan fingerprint density at radius 1 is 1.17 bits per heavy atom. The Bertz CT molecular complexity index is 742. The molecular formula is C17H21N5O. The molecule has 1 saturated heterocycles. The van der Waals surface area contributed by atoms with Gasteiger partial charge in [-0.2, -0.15) is 5.10 Å². The molecule has 4 rings (SSSR count). The van der Waals surface area contributed by atoms with Crippen molar-refractivity contribution in [3.05, 3.63) is 52.0 Å². The Labute approximate surface area is 135 Å². The molecule has 3 heterocycles. The summed E-state index contributed by atoms with van der Waals surface area (Å²) in [5, 5.41) is 4.60. The molecule has 120 valence electrons. The molecule has 0 spiro atoms. The maximum absolute atomic E-state index is 12.3. The Morgan fingerprint density at radius 3 is 2.91 bits per heavy atom. The summed E-state index contributed by atoms with van der Waals surface area (Å²) in [6, 6.07) is 3.96. The predicted molar refractivity (Wildman–Crippen MR) is 86.0 cm³/mol. The van der Waals surface area contributed by atoms with Crippen LogP contribution in [0.4, 0.5) is 0 Å². The van der Waals surface area contributed by atoms with Crippen LogP contribution in [-0.2, 0) is 25.9 Å². The zero-order valence-electron chi connectivity index (χ0n) is 13.2. The van der Waals surface area contributed by atoms with E-state index in [-0.39, 0.29) is 5.56 Å². The van der Waals surface area contributed by atoms with E-state index in [9.17, 15) is 4.79 Å². The highest BCUT2D eigenvalue weighted by atomic mass is 16.1. The molecule has 0 radical (unpaired) electrons. The van der Waals surface area contributed by atoms with E-state index in [0.717, 1.165) is 62.3 Å². The number of fused-ring (bicyclic) bond motifs is 1. The van der Waals surface area contributed by atoms with E-state index in [1.165, 1.54) is 0 Å². The molecule has 2 aliphatic rings. The van der Waals surface area contributed by atoms with Crippen molar-refractivity contribution >= 4 is 0 Å². The third kappa shape index (κ3) is 3.03. The molecule has 6 heteroatoms. The fourth-order valence-corrected chi connectivity index (χ4v) is 3.67. The van der Waals surface area contributed by atoms with Crippen molar-refractivity contribution in [2.75, 3.05) is 6.54 Å². The molecule has 1 fully saturated rings. The van der Waals surface area contributed by atoms with Crippen molar-refractivity contribution in [3.63, 3.8) is 0 Å². The van der Waals surface area contributed by atoms with E-state index < -0.39 is 0 Å². The minimum absolute atomic E-state index is 0.0356. The zero-order chi connectivity index (χ0) is 15.6. The van der Waals surface area contributed by atoms with Crippen LogP contribution >= 0.6 is 0 Å². The van der Waals surface area contributed by atoms with Crippen LogP contribution in [0.5, 0.6) is 0 Å². The molecule has 0 bridgehead atoms. The van der Waals surface area contributed by atoms with Gasteiger partial charge < -0.3 is 0 Å². The first-order chi connectivity index (χ1) is 11.3. The van der Waals surface area contributed by atoms with Crippen molar-refractivity contribution in [1.29, 1.82) is 0 Å². The molecule has 0 N–H and O–H groups in total. The van der Waals surface area contributed by atoms with Gasteiger partial charge in [0.05, 0.1) is 18.8 Å². The summed E-state index contributed by atoms with van der Waals surface area (Å²) in [5.74, 6) is 0.841. The second-order valence-electron chi connectivity index (χ2n) is 6.42. The topological polar surface area (TPSA) is 63.9 Å². The van der Waals surface area contributed by atoms with E-state index in [1.54, 1.807) is 23.1 Å². The number of nitrogens with zero attached hydrogens (tertiary/aromatic N) is 5. The second-order valence-corrected chi connectivity index (χ2v) is 6.42. The standard InChI is InChI=1S/C17H21N5O/c23-17-10-13-4-1-6-15(13)20-22(17)11-14-5-2-9-21(14)12-16-18-7-3-8-19-16/h3,7-8,10,14H,1-2,4-6,9,11-12H2. The first-order valence-electron chi connectivity index (χ1n) is 8.39. The van der Waals surface area contributed by atoms with Crippen LogP contribution in [0.25, 0.3) is 0 Å². The highest BCUT2D eigenvalue weighted by Gasteiger charge is 2.26. The van der Waals surface area contributed by atoms with Crippen molar-refractivity contribution in [1.82, 2.24) is 24.6 Å². The molecule has 2 aromatic heterocycles. The van der Waals surface area contributed by atoms with Gasteiger partial charge in [-0.05, 0) is 50.3 Å². The van der Waals surface area contributed by atoms with E-state index >= 15 is 0 Å². The molecule has 1 atom stereocenters. The van der Waals surface area contributed by atoms with E-state index in [4.69, 9.17) is 0 Å². The van der Waals surface area contributed by atoms with Crippen LogP contribution in [0.15, 0.2) is 29.3 Å². The van der Waals surface area contributed by atoms with Gasteiger partial charge in [0.25, 0.3) is 5.56 Å². The Balaban J connectivity index is 1.50. The van der Waals surface area contributed by atoms with Gasteiger partial charge in [0.15, 0.2) is 0 Å². The van der Waals surface area contributed by atoms with Crippen LogP contribution in [0.2, 0.25) is 0 Å². The molecule has 0 saturated carbocycles. The molecule has 0 aromatic carbocycles. The Morgan fingerprint density at radius 2 is 2.04 bits per heavy atom. The summed E-state index contributed by atoms with van der Waals surface area (Å²) in [5.41, 5.74) is 2.29. The van der Waals surface area contributed by atoms with Crippen LogP contribution in [0.3, 0.4) is 0 Å². The number of likely N-dealkylation sites (tertiary alicyclic amines) is 1. The number of rotatable bonds is 4. The summed E-state index contributed by atoms with van der Waals surface area (Å²) in [6.45, 7) is 2.44. The first-order valence-corrected chi connectivity index (χ1v) is 8.39. The minimum Gasteiger partial charge on any atom is -0.291 e. The number of hydrogen-bond acceptors (Lipinski definition) is 5. The van der Waals surface area contributed by atoms with Crippen molar-refractivity contribution in [3.8, 4) is 0 Å². The second kappa shape index (κ2) is 6.20. The number of hydrogen-bond donors (Lipinski definition) is 0. The lowest BCUT2D eigenvalue weighted by Gasteiger charge is -2.24. The largest absolute Gasteiger partial charge is 0.291 e. The van der Waals surface area contributed by atoms with Gasteiger partial charge in [0.1, 0.15) is 5.82 Å². The summed E-state index contributed by atoms with van der Waals surface area (Å²) in [4.78, 5) is 23.3. The Kier molecular flexibility index (Phi) is 3.91. The van der Waals surface area contributed by atoms with E-state index in [2.05, 4.69) is 20.0 Å². The average Bonchev–Trinajstić information content (AvgIpc) is 3.18. The van der Waals surface area contributed by atoms with Crippen LogP contribution < -0.4 is 5.56 Å². The lowest BCUT2D eigenvalue weighted by Crippen LogP contribution is -2.37. The molecule has 1 aliphatic carbocycles. The molecule has 1 aliphatic heterocycles. The van der Waals surface area contributed by atoms with Crippen LogP contribution in [0, 0.1) is 0 Å². The maximum atomic E-state index is 12.3.